The van der Waals surface area contributed by atoms with Crippen molar-refractivity contribution in [2.75, 3.05) is 20.3 Å². The first-order chi connectivity index (χ1) is 17.1. The predicted molar refractivity (Wildman–Crippen MR) is 133 cm³/mol. The number of esters is 2. The lowest BCUT2D eigenvalue weighted by Gasteiger charge is -2.23. The average molecular weight is 495 g/mol. The maximum Gasteiger partial charge on any atom is 0.331 e. The minimum atomic E-state index is -0.708. The van der Waals surface area contributed by atoms with Gasteiger partial charge >= 0.3 is 11.9 Å². The van der Waals surface area contributed by atoms with Crippen LogP contribution in [0.15, 0.2) is 48.6 Å². The number of carbonyl (C=O) groups excluding carboxylic acids is 3. The largest absolute Gasteiger partial charge is 0.505 e. The number of ether oxygens (including phenoxy) is 2. The Kier molecular flexibility index (Phi) is 8.42. The zero-order valence-electron chi connectivity index (χ0n) is 20.8. The van der Waals surface area contributed by atoms with Crippen LogP contribution in [-0.4, -0.2) is 58.2 Å². The summed E-state index contributed by atoms with van der Waals surface area (Å²) in [5, 5.41) is 22.7. The van der Waals surface area contributed by atoms with E-state index in [9.17, 15) is 19.5 Å². The Morgan fingerprint density at radius 1 is 1.06 bits per heavy atom. The standard InChI is InChI=1S/C26H30N4O6/c1-26(2,3)18-15-17(9-10-22(31)27-13-14-36-24(33)12-11-23(32)35-4)16-21(25(18)34)30-28-19-7-5-6-8-20(19)29-30/h5-8,11-12,15-16,34H,9-10,13-14H2,1-4H3,(H,27,31)/b12-11-. The number of amides is 1. The summed E-state index contributed by atoms with van der Waals surface area (Å²) >= 11 is 0. The van der Waals surface area contributed by atoms with Crippen LogP contribution in [-0.2, 0) is 35.7 Å². The quantitative estimate of drug-likeness (QED) is 0.264. The Labute approximate surface area is 208 Å². The van der Waals surface area contributed by atoms with Crippen LogP contribution in [0.2, 0.25) is 0 Å². The summed E-state index contributed by atoms with van der Waals surface area (Å²) in [6, 6.07) is 11.1. The number of methoxy groups -OCH3 is 1. The van der Waals surface area contributed by atoms with E-state index in [1.807, 2.05) is 51.1 Å². The topological polar surface area (TPSA) is 133 Å². The normalized spacial score (nSPS) is 11.6. The summed E-state index contributed by atoms with van der Waals surface area (Å²) in [5.74, 6) is -1.49. The van der Waals surface area contributed by atoms with Crippen molar-refractivity contribution in [1.82, 2.24) is 20.3 Å². The SMILES string of the molecule is COC(=O)/C=C\C(=O)OCCNC(=O)CCc1cc(-n2nc3ccccc3n2)c(O)c(C(C)(C)C)c1. The van der Waals surface area contributed by atoms with Crippen molar-refractivity contribution in [2.24, 2.45) is 0 Å². The molecule has 3 rings (SSSR count). The molecule has 190 valence electrons. The van der Waals surface area contributed by atoms with Gasteiger partial charge in [-0.3, -0.25) is 4.79 Å². The number of carbonyl (C=O) groups is 3. The number of nitrogens with zero attached hydrogens (tertiary/aromatic N) is 3. The van der Waals surface area contributed by atoms with Crippen molar-refractivity contribution in [3.05, 3.63) is 59.7 Å². The number of phenols is 1. The molecule has 0 saturated carbocycles. The molecule has 1 aromatic heterocycles. The second kappa shape index (κ2) is 11.5. The molecule has 2 aromatic carbocycles. The van der Waals surface area contributed by atoms with Crippen molar-refractivity contribution in [1.29, 1.82) is 0 Å². The fourth-order valence-electron chi connectivity index (χ4n) is 3.45. The molecule has 10 nitrogen and oxygen atoms in total. The number of hydrogen-bond donors (Lipinski definition) is 2. The van der Waals surface area contributed by atoms with Crippen molar-refractivity contribution in [3.8, 4) is 11.4 Å². The van der Waals surface area contributed by atoms with Gasteiger partial charge in [-0.05, 0) is 35.6 Å². The summed E-state index contributed by atoms with van der Waals surface area (Å²) < 4.78 is 9.30. The van der Waals surface area contributed by atoms with Gasteiger partial charge in [-0.2, -0.15) is 0 Å². The Balaban J connectivity index is 1.65. The van der Waals surface area contributed by atoms with Crippen LogP contribution in [0.3, 0.4) is 0 Å². The van der Waals surface area contributed by atoms with Crippen LogP contribution in [0.25, 0.3) is 16.7 Å². The molecule has 0 aliphatic rings. The number of nitrogens with one attached hydrogen (secondary N) is 1. The fourth-order valence-corrected chi connectivity index (χ4v) is 3.45. The van der Waals surface area contributed by atoms with Crippen molar-refractivity contribution in [3.63, 3.8) is 0 Å². The van der Waals surface area contributed by atoms with Crippen LogP contribution in [0.1, 0.15) is 38.3 Å². The first-order valence-corrected chi connectivity index (χ1v) is 11.5. The van der Waals surface area contributed by atoms with E-state index >= 15 is 0 Å². The molecule has 2 N–H and O–H groups in total. The zero-order valence-corrected chi connectivity index (χ0v) is 20.8. The Morgan fingerprint density at radius 2 is 1.69 bits per heavy atom. The first kappa shape index (κ1) is 26.4. The highest BCUT2D eigenvalue weighted by molar-refractivity contribution is 5.91. The van der Waals surface area contributed by atoms with Crippen molar-refractivity contribution < 1.29 is 29.0 Å². The third-order valence-corrected chi connectivity index (χ3v) is 5.33. The molecule has 10 heteroatoms. The number of rotatable bonds is 9. The van der Waals surface area contributed by atoms with Gasteiger partial charge in [0.05, 0.1) is 13.7 Å². The van der Waals surface area contributed by atoms with Gasteiger partial charge in [0.25, 0.3) is 0 Å². The molecule has 0 saturated heterocycles. The average Bonchev–Trinajstić information content (AvgIpc) is 3.27. The van der Waals surface area contributed by atoms with Crippen molar-refractivity contribution >= 4 is 28.9 Å². The number of fused-ring (bicyclic) bond motifs is 1. The van der Waals surface area contributed by atoms with Gasteiger partial charge in [-0.1, -0.05) is 39.0 Å². The number of hydrogen-bond acceptors (Lipinski definition) is 8. The number of aryl methyl sites for hydroxylation is 1. The predicted octanol–water partition coefficient (Wildman–Crippen LogP) is 2.74. The lowest BCUT2D eigenvalue weighted by atomic mass is 9.84. The van der Waals surface area contributed by atoms with Gasteiger partial charge in [-0.25, -0.2) is 9.59 Å². The highest BCUT2D eigenvalue weighted by atomic mass is 16.5. The molecule has 0 aliphatic heterocycles. The van der Waals surface area contributed by atoms with Crippen LogP contribution in [0, 0.1) is 0 Å². The van der Waals surface area contributed by atoms with E-state index in [2.05, 4.69) is 20.3 Å². The monoisotopic (exact) mass is 494 g/mol. The van der Waals surface area contributed by atoms with Gasteiger partial charge < -0.3 is 19.9 Å². The molecule has 1 heterocycles. The van der Waals surface area contributed by atoms with E-state index in [1.54, 1.807) is 6.07 Å². The third-order valence-electron chi connectivity index (χ3n) is 5.33. The van der Waals surface area contributed by atoms with Gasteiger partial charge in [-0.15, -0.1) is 15.0 Å². The lowest BCUT2D eigenvalue weighted by Crippen LogP contribution is -2.28. The van der Waals surface area contributed by atoms with Crippen LogP contribution in [0.4, 0.5) is 0 Å². The van der Waals surface area contributed by atoms with E-state index in [-0.39, 0.29) is 36.6 Å². The van der Waals surface area contributed by atoms with Crippen LogP contribution < -0.4 is 5.32 Å². The molecule has 0 atom stereocenters. The molecule has 36 heavy (non-hydrogen) atoms. The van der Waals surface area contributed by atoms with Gasteiger partial charge in [0.1, 0.15) is 29.1 Å². The second-order valence-corrected chi connectivity index (χ2v) is 9.11. The highest BCUT2D eigenvalue weighted by Gasteiger charge is 2.23. The number of aromatic nitrogens is 3. The maximum absolute atomic E-state index is 12.3. The lowest BCUT2D eigenvalue weighted by molar-refractivity contribution is -0.139. The molecule has 0 fully saturated rings. The smallest absolute Gasteiger partial charge is 0.331 e. The van der Waals surface area contributed by atoms with E-state index in [0.717, 1.165) is 23.3 Å². The van der Waals surface area contributed by atoms with Gasteiger partial charge in [0.2, 0.25) is 5.91 Å². The Morgan fingerprint density at radius 3 is 2.31 bits per heavy atom. The molecule has 0 unspecified atom stereocenters. The van der Waals surface area contributed by atoms with Crippen LogP contribution >= 0.6 is 0 Å². The van der Waals surface area contributed by atoms with E-state index in [4.69, 9.17) is 4.74 Å². The van der Waals surface area contributed by atoms with E-state index in [0.29, 0.717) is 23.1 Å². The molecule has 3 aromatic rings. The summed E-state index contributed by atoms with van der Waals surface area (Å²) in [5.41, 5.74) is 3.09. The molecule has 1 amide bonds. The number of aromatic hydroxyl groups is 1. The molecular formula is C26H30N4O6. The molecular weight excluding hydrogens is 464 g/mol. The summed E-state index contributed by atoms with van der Waals surface area (Å²) in [7, 11) is 1.20. The number of benzene rings is 2. The zero-order chi connectivity index (χ0) is 26.3. The van der Waals surface area contributed by atoms with Crippen molar-refractivity contribution in [2.45, 2.75) is 39.0 Å². The Hall–Kier alpha value is -4.21. The van der Waals surface area contributed by atoms with E-state index < -0.39 is 11.9 Å². The van der Waals surface area contributed by atoms with Crippen LogP contribution in [0.5, 0.6) is 5.75 Å². The third kappa shape index (κ3) is 6.91. The highest BCUT2D eigenvalue weighted by Crippen LogP contribution is 2.36. The van der Waals surface area contributed by atoms with E-state index in [1.165, 1.54) is 11.9 Å². The molecule has 0 radical (unpaired) electrons. The Bertz CT molecular complexity index is 1260. The summed E-state index contributed by atoms with van der Waals surface area (Å²) in [6.45, 7) is 6.09. The maximum atomic E-state index is 12.3. The summed E-state index contributed by atoms with van der Waals surface area (Å²) in [6.07, 6.45) is 2.53. The first-order valence-electron chi connectivity index (χ1n) is 11.5. The molecule has 0 aliphatic carbocycles. The number of phenolic OH excluding ortho intramolecular Hbond substituents is 1. The second-order valence-electron chi connectivity index (χ2n) is 9.11. The molecule has 0 bridgehead atoms. The van der Waals surface area contributed by atoms with Gasteiger partial charge in [0.15, 0.2) is 0 Å². The fraction of sp³-hybridized carbons (Fsp3) is 0.346. The minimum Gasteiger partial charge on any atom is -0.505 e. The minimum absolute atomic E-state index is 0.0356. The molecule has 0 spiro atoms. The summed E-state index contributed by atoms with van der Waals surface area (Å²) in [4.78, 5) is 36.2. The van der Waals surface area contributed by atoms with Gasteiger partial charge in [0, 0.05) is 24.1 Å².